The van der Waals surface area contributed by atoms with Gasteiger partial charge in [0.2, 0.25) is 5.91 Å². The second-order valence-corrected chi connectivity index (χ2v) is 5.98. The van der Waals surface area contributed by atoms with Crippen molar-refractivity contribution in [3.05, 3.63) is 63.6 Å². The number of nitrogens with one attached hydrogen (secondary N) is 1. The molecular formula is C15H14BrClN2O. The number of carbonyl (C=O) groups is 1. The number of carbonyl (C=O) groups excluding carboxylic acids is 1. The van der Waals surface area contributed by atoms with Gasteiger partial charge in [-0.25, -0.2) is 0 Å². The van der Waals surface area contributed by atoms with Crippen LogP contribution in [0.3, 0.4) is 0 Å². The quantitative estimate of drug-likeness (QED) is 0.875. The summed E-state index contributed by atoms with van der Waals surface area (Å²) in [4.78, 5) is 11.9. The average molecular weight is 354 g/mol. The van der Waals surface area contributed by atoms with Crippen LogP contribution in [-0.2, 0) is 10.3 Å². The predicted octanol–water partition coefficient (Wildman–Crippen LogP) is 3.92. The SMILES string of the molecule is CC(Nc1ccc(Br)cc1)(C(N)=O)c1ccc(Cl)cc1. The van der Waals surface area contributed by atoms with Gasteiger partial charge >= 0.3 is 0 Å². The lowest BCUT2D eigenvalue weighted by atomic mass is 9.91. The number of nitrogens with two attached hydrogens (primary N) is 1. The first-order valence-corrected chi connectivity index (χ1v) is 7.18. The molecule has 0 fully saturated rings. The van der Waals surface area contributed by atoms with E-state index < -0.39 is 11.4 Å². The molecule has 2 aromatic carbocycles. The summed E-state index contributed by atoms with van der Waals surface area (Å²) in [7, 11) is 0. The van der Waals surface area contributed by atoms with Gasteiger partial charge in [-0.05, 0) is 48.9 Å². The fourth-order valence-corrected chi connectivity index (χ4v) is 2.27. The van der Waals surface area contributed by atoms with Gasteiger partial charge in [0.15, 0.2) is 0 Å². The van der Waals surface area contributed by atoms with Crippen LogP contribution in [-0.4, -0.2) is 5.91 Å². The highest BCUT2D eigenvalue weighted by Crippen LogP contribution is 2.27. The molecule has 0 saturated heterocycles. The van der Waals surface area contributed by atoms with Gasteiger partial charge in [-0.2, -0.15) is 0 Å². The molecule has 1 unspecified atom stereocenters. The number of benzene rings is 2. The van der Waals surface area contributed by atoms with Crippen LogP contribution in [0, 0.1) is 0 Å². The van der Waals surface area contributed by atoms with Gasteiger partial charge in [-0.3, -0.25) is 4.79 Å². The largest absolute Gasteiger partial charge is 0.368 e. The molecule has 0 heterocycles. The van der Waals surface area contributed by atoms with E-state index in [-0.39, 0.29) is 0 Å². The zero-order valence-corrected chi connectivity index (χ0v) is 13.2. The minimum atomic E-state index is -1.00. The van der Waals surface area contributed by atoms with Crippen LogP contribution >= 0.6 is 27.5 Å². The molecule has 2 rings (SSSR count). The van der Waals surface area contributed by atoms with Crippen LogP contribution in [0.5, 0.6) is 0 Å². The predicted molar refractivity (Wildman–Crippen MR) is 85.8 cm³/mol. The van der Waals surface area contributed by atoms with Crippen molar-refractivity contribution in [3.8, 4) is 0 Å². The normalized spacial score (nSPS) is 13.6. The Bertz CT molecular complexity index is 613. The molecule has 0 radical (unpaired) electrons. The maximum absolute atomic E-state index is 11.9. The van der Waals surface area contributed by atoms with E-state index in [2.05, 4.69) is 21.2 Å². The summed E-state index contributed by atoms with van der Waals surface area (Å²) in [6, 6.07) is 14.6. The van der Waals surface area contributed by atoms with E-state index in [0.29, 0.717) is 5.02 Å². The minimum absolute atomic E-state index is 0.456. The summed E-state index contributed by atoms with van der Waals surface area (Å²) >= 11 is 9.25. The molecule has 5 heteroatoms. The van der Waals surface area contributed by atoms with E-state index in [1.54, 1.807) is 31.2 Å². The topological polar surface area (TPSA) is 55.1 Å². The first-order valence-electron chi connectivity index (χ1n) is 6.01. The molecule has 0 saturated carbocycles. The van der Waals surface area contributed by atoms with Gasteiger partial charge < -0.3 is 11.1 Å². The lowest BCUT2D eigenvalue weighted by molar-refractivity contribution is -0.122. The van der Waals surface area contributed by atoms with Crippen molar-refractivity contribution in [3.63, 3.8) is 0 Å². The van der Waals surface area contributed by atoms with Crippen LogP contribution in [0.15, 0.2) is 53.0 Å². The number of anilines is 1. The highest BCUT2D eigenvalue weighted by Gasteiger charge is 2.33. The fourth-order valence-electron chi connectivity index (χ4n) is 1.88. The first kappa shape index (κ1) is 14.9. The molecule has 3 N–H and O–H groups in total. The molecule has 0 aromatic heterocycles. The van der Waals surface area contributed by atoms with Crippen molar-refractivity contribution in [2.75, 3.05) is 5.32 Å². The highest BCUT2D eigenvalue weighted by molar-refractivity contribution is 9.10. The summed E-state index contributed by atoms with van der Waals surface area (Å²) in [5, 5.41) is 3.79. The molecule has 1 amide bonds. The number of amides is 1. The molecule has 0 aliphatic heterocycles. The van der Waals surface area contributed by atoms with Crippen LogP contribution in [0.1, 0.15) is 12.5 Å². The molecule has 104 valence electrons. The second kappa shape index (κ2) is 5.85. The number of hydrogen-bond acceptors (Lipinski definition) is 2. The Kier molecular flexibility index (Phi) is 4.35. The lowest BCUT2D eigenvalue weighted by Gasteiger charge is -2.29. The lowest BCUT2D eigenvalue weighted by Crippen LogP contribution is -2.45. The fraction of sp³-hybridized carbons (Fsp3) is 0.133. The molecule has 20 heavy (non-hydrogen) atoms. The van der Waals surface area contributed by atoms with E-state index in [9.17, 15) is 4.79 Å². The van der Waals surface area contributed by atoms with Gasteiger partial charge in [0.05, 0.1) is 0 Å². The van der Waals surface area contributed by atoms with Gasteiger partial charge in [0.1, 0.15) is 5.54 Å². The third-order valence-electron chi connectivity index (χ3n) is 3.15. The summed E-state index contributed by atoms with van der Waals surface area (Å²) in [6.45, 7) is 1.75. The molecule has 0 bridgehead atoms. The summed E-state index contributed by atoms with van der Waals surface area (Å²) in [5.74, 6) is -0.456. The van der Waals surface area contributed by atoms with E-state index in [4.69, 9.17) is 17.3 Å². The Balaban J connectivity index is 2.37. The maximum atomic E-state index is 11.9. The van der Waals surface area contributed by atoms with Crippen LogP contribution in [0.25, 0.3) is 0 Å². The number of halogens is 2. The molecule has 1 atom stereocenters. The molecule has 0 aliphatic rings. The van der Waals surface area contributed by atoms with Crippen molar-refractivity contribution in [2.45, 2.75) is 12.5 Å². The van der Waals surface area contributed by atoms with E-state index in [1.807, 2.05) is 24.3 Å². The molecule has 0 spiro atoms. The average Bonchev–Trinajstić information content (AvgIpc) is 2.42. The Morgan fingerprint density at radius 3 is 2.20 bits per heavy atom. The van der Waals surface area contributed by atoms with Gasteiger partial charge in [0.25, 0.3) is 0 Å². The third kappa shape index (κ3) is 3.14. The van der Waals surface area contributed by atoms with Crippen molar-refractivity contribution in [2.24, 2.45) is 5.73 Å². The van der Waals surface area contributed by atoms with Gasteiger partial charge in [0, 0.05) is 15.2 Å². The van der Waals surface area contributed by atoms with Crippen molar-refractivity contribution >= 4 is 39.1 Å². The van der Waals surface area contributed by atoms with Crippen molar-refractivity contribution < 1.29 is 4.79 Å². The van der Waals surface area contributed by atoms with Crippen molar-refractivity contribution in [1.29, 1.82) is 0 Å². The Morgan fingerprint density at radius 2 is 1.70 bits per heavy atom. The van der Waals surface area contributed by atoms with Gasteiger partial charge in [-0.15, -0.1) is 0 Å². The number of hydrogen-bond donors (Lipinski definition) is 2. The zero-order chi connectivity index (χ0) is 14.8. The summed E-state index contributed by atoms with van der Waals surface area (Å²) < 4.78 is 0.968. The molecule has 3 nitrogen and oxygen atoms in total. The standard InChI is InChI=1S/C15H14BrClN2O/c1-15(14(18)20,10-2-6-12(17)7-3-10)19-13-8-4-11(16)5-9-13/h2-9,19H,1H3,(H2,18,20). The van der Waals surface area contributed by atoms with Crippen LogP contribution < -0.4 is 11.1 Å². The smallest absolute Gasteiger partial charge is 0.247 e. The Hall–Kier alpha value is -1.52. The molecular weight excluding hydrogens is 340 g/mol. The van der Waals surface area contributed by atoms with Crippen LogP contribution in [0.2, 0.25) is 5.02 Å². The van der Waals surface area contributed by atoms with Crippen LogP contribution in [0.4, 0.5) is 5.69 Å². The molecule has 2 aromatic rings. The van der Waals surface area contributed by atoms with E-state index >= 15 is 0 Å². The van der Waals surface area contributed by atoms with E-state index in [1.165, 1.54) is 0 Å². The summed E-state index contributed by atoms with van der Waals surface area (Å²) in [6.07, 6.45) is 0. The minimum Gasteiger partial charge on any atom is -0.368 e. The van der Waals surface area contributed by atoms with E-state index in [0.717, 1.165) is 15.7 Å². The maximum Gasteiger partial charge on any atom is 0.247 e. The van der Waals surface area contributed by atoms with Gasteiger partial charge in [-0.1, -0.05) is 39.7 Å². The Labute approximate surface area is 131 Å². The third-order valence-corrected chi connectivity index (χ3v) is 3.93. The number of rotatable bonds is 4. The van der Waals surface area contributed by atoms with Crippen molar-refractivity contribution in [1.82, 2.24) is 0 Å². The summed E-state index contributed by atoms with van der Waals surface area (Å²) in [5.41, 5.74) is 6.14. The Morgan fingerprint density at radius 1 is 1.15 bits per heavy atom. The second-order valence-electron chi connectivity index (χ2n) is 4.63. The monoisotopic (exact) mass is 352 g/mol. The highest BCUT2D eigenvalue weighted by atomic mass is 79.9. The molecule has 0 aliphatic carbocycles. The number of primary amides is 1. The zero-order valence-electron chi connectivity index (χ0n) is 10.9. The first-order chi connectivity index (χ1) is 9.41.